The molecule has 3 N–H and O–H groups in total. The standard InChI is InChI=1S/C17H24N2O/c1-12-7-5-6-10-14(12)17-16(19-15(20)11-18-17)13-8-3-2-4-9-13/h2-3,6,8,10,15-20H,4-5,7,9,11H2,1H3. The summed E-state index contributed by atoms with van der Waals surface area (Å²) >= 11 is 0. The number of aliphatic hydroxyl groups excluding tert-OH is 1. The minimum Gasteiger partial charge on any atom is -0.377 e. The van der Waals surface area contributed by atoms with Gasteiger partial charge in [0, 0.05) is 6.54 Å². The lowest BCUT2D eigenvalue weighted by Crippen LogP contribution is -2.62. The highest BCUT2D eigenvalue weighted by Gasteiger charge is 2.33. The third-order valence-electron chi connectivity index (χ3n) is 4.49. The Kier molecular flexibility index (Phi) is 4.20. The molecule has 1 saturated heterocycles. The maximum Gasteiger partial charge on any atom is 0.118 e. The van der Waals surface area contributed by atoms with E-state index >= 15 is 0 Å². The number of hydrogen-bond acceptors (Lipinski definition) is 3. The number of β-amino-alcohol motifs (C(OH)–C–C–N with tert-alkyl or cyclic N) is 1. The van der Waals surface area contributed by atoms with Gasteiger partial charge in [0.05, 0.1) is 12.1 Å². The molecule has 20 heavy (non-hydrogen) atoms. The molecule has 1 aliphatic heterocycles. The maximum atomic E-state index is 9.94. The van der Waals surface area contributed by atoms with Gasteiger partial charge in [-0.1, -0.05) is 41.5 Å². The van der Waals surface area contributed by atoms with Crippen LogP contribution in [0.1, 0.15) is 32.6 Å². The first-order valence-electron chi connectivity index (χ1n) is 7.65. The van der Waals surface area contributed by atoms with E-state index in [0.717, 1.165) is 25.7 Å². The predicted molar refractivity (Wildman–Crippen MR) is 82.3 cm³/mol. The number of nitrogens with one attached hydrogen (secondary N) is 2. The zero-order valence-corrected chi connectivity index (χ0v) is 12.1. The largest absolute Gasteiger partial charge is 0.377 e. The fourth-order valence-corrected chi connectivity index (χ4v) is 3.38. The highest BCUT2D eigenvalue weighted by atomic mass is 16.3. The van der Waals surface area contributed by atoms with Gasteiger partial charge in [0.1, 0.15) is 6.23 Å². The van der Waals surface area contributed by atoms with Crippen molar-refractivity contribution in [1.29, 1.82) is 0 Å². The number of piperazine rings is 1. The molecule has 0 bridgehead atoms. The number of rotatable bonds is 2. The van der Waals surface area contributed by atoms with Gasteiger partial charge in [0.25, 0.3) is 0 Å². The molecule has 0 spiro atoms. The van der Waals surface area contributed by atoms with E-state index in [1.807, 2.05) is 0 Å². The Labute approximate surface area is 121 Å². The second kappa shape index (κ2) is 6.08. The lowest BCUT2D eigenvalue weighted by atomic mass is 9.83. The summed E-state index contributed by atoms with van der Waals surface area (Å²) in [6.45, 7) is 2.84. The van der Waals surface area contributed by atoms with Crippen molar-refractivity contribution in [3.63, 3.8) is 0 Å². The molecule has 0 aromatic rings. The maximum absolute atomic E-state index is 9.94. The Bertz CT molecular complexity index is 487. The normalized spacial score (nSPS) is 34.3. The zero-order valence-electron chi connectivity index (χ0n) is 12.1. The van der Waals surface area contributed by atoms with Crippen molar-refractivity contribution in [2.45, 2.75) is 50.9 Å². The van der Waals surface area contributed by atoms with Crippen LogP contribution in [0, 0.1) is 0 Å². The Balaban J connectivity index is 1.89. The van der Waals surface area contributed by atoms with E-state index in [1.165, 1.54) is 16.7 Å². The van der Waals surface area contributed by atoms with Gasteiger partial charge < -0.3 is 10.4 Å². The van der Waals surface area contributed by atoms with Crippen molar-refractivity contribution in [1.82, 2.24) is 10.6 Å². The molecule has 3 rings (SSSR count). The number of hydrogen-bond donors (Lipinski definition) is 3. The summed E-state index contributed by atoms with van der Waals surface area (Å²) in [5.41, 5.74) is 4.26. The van der Waals surface area contributed by atoms with Crippen molar-refractivity contribution < 1.29 is 5.11 Å². The van der Waals surface area contributed by atoms with E-state index in [2.05, 4.69) is 47.9 Å². The quantitative estimate of drug-likeness (QED) is 0.722. The van der Waals surface area contributed by atoms with Crippen molar-refractivity contribution in [2.75, 3.05) is 6.54 Å². The van der Waals surface area contributed by atoms with Crippen molar-refractivity contribution in [2.24, 2.45) is 0 Å². The molecular weight excluding hydrogens is 248 g/mol. The molecular formula is C17H24N2O. The first kappa shape index (κ1) is 13.8. The van der Waals surface area contributed by atoms with Gasteiger partial charge in [-0.25, -0.2) is 0 Å². The molecule has 3 aliphatic rings. The molecule has 108 valence electrons. The van der Waals surface area contributed by atoms with Crippen molar-refractivity contribution in [3.05, 3.63) is 47.1 Å². The molecule has 3 unspecified atom stereocenters. The highest BCUT2D eigenvalue weighted by Crippen LogP contribution is 2.28. The first-order valence-corrected chi connectivity index (χ1v) is 7.65. The minimum atomic E-state index is -0.462. The smallest absolute Gasteiger partial charge is 0.118 e. The van der Waals surface area contributed by atoms with Crippen molar-refractivity contribution in [3.8, 4) is 0 Å². The van der Waals surface area contributed by atoms with Gasteiger partial charge in [0.15, 0.2) is 0 Å². The second-order valence-electron chi connectivity index (χ2n) is 5.93. The molecule has 0 amide bonds. The molecule has 1 heterocycles. The molecule has 3 nitrogen and oxygen atoms in total. The summed E-state index contributed by atoms with van der Waals surface area (Å²) in [5, 5.41) is 16.8. The molecule has 0 aromatic heterocycles. The summed E-state index contributed by atoms with van der Waals surface area (Å²) in [4.78, 5) is 0. The molecule has 0 saturated carbocycles. The van der Waals surface area contributed by atoms with Crippen LogP contribution < -0.4 is 10.6 Å². The van der Waals surface area contributed by atoms with E-state index in [4.69, 9.17) is 0 Å². The summed E-state index contributed by atoms with van der Waals surface area (Å²) in [7, 11) is 0. The Morgan fingerprint density at radius 3 is 2.75 bits per heavy atom. The average Bonchev–Trinajstić information content (AvgIpc) is 2.49. The van der Waals surface area contributed by atoms with Gasteiger partial charge in [-0.05, 0) is 38.2 Å². The second-order valence-corrected chi connectivity index (χ2v) is 5.93. The van der Waals surface area contributed by atoms with E-state index < -0.39 is 6.23 Å². The van der Waals surface area contributed by atoms with E-state index in [-0.39, 0.29) is 12.1 Å². The Morgan fingerprint density at radius 2 is 2.00 bits per heavy atom. The molecule has 0 aromatic carbocycles. The van der Waals surface area contributed by atoms with Gasteiger partial charge in [-0.2, -0.15) is 0 Å². The molecule has 3 atom stereocenters. The third-order valence-corrected chi connectivity index (χ3v) is 4.49. The van der Waals surface area contributed by atoms with Gasteiger partial charge in [-0.3, -0.25) is 5.32 Å². The van der Waals surface area contributed by atoms with Crippen LogP contribution in [0.5, 0.6) is 0 Å². The van der Waals surface area contributed by atoms with Crippen LogP contribution in [0.3, 0.4) is 0 Å². The fourth-order valence-electron chi connectivity index (χ4n) is 3.38. The van der Waals surface area contributed by atoms with Gasteiger partial charge in [0.2, 0.25) is 0 Å². The van der Waals surface area contributed by atoms with Crippen LogP contribution in [0.4, 0.5) is 0 Å². The monoisotopic (exact) mass is 272 g/mol. The summed E-state index contributed by atoms with van der Waals surface area (Å²) in [6, 6.07) is 0.462. The summed E-state index contributed by atoms with van der Waals surface area (Å²) < 4.78 is 0. The molecule has 0 radical (unpaired) electrons. The highest BCUT2D eigenvalue weighted by molar-refractivity contribution is 5.39. The Hall–Kier alpha value is -1.16. The fraction of sp³-hybridized carbons (Fsp3) is 0.529. The lowest BCUT2D eigenvalue weighted by Gasteiger charge is -2.40. The van der Waals surface area contributed by atoms with Gasteiger partial charge >= 0.3 is 0 Å². The SMILES string of the molecule is CC1=C(C2NCC(O)NC2C2=CC=CCC2)C=CCC1. The molecule has 1 fully saturated rings. The summed E-state index contributed by atoms with van der Waals surface area (Å²) in [6.07, 6.45) is 15.1. The number of aliphatic hydroxyl groups is 1. The van der Waals surface area contributed by atoms with Gasteiger partial charge in [-0.15, -0.1) is 0 Å². The van der Waals surface area contributed by atoms with E-state index in [1.54, 1.807) is 0 Å². The minimum absolute atomic E-state index is 0.191. The average molecular weight is 272 g/mol. The molecule has 3 heteroatoms. The zero-order chi connectivity index (χ0) is 13.9. The summed E-state index contributed by atoms with van der Waals surface area (Å²) in [5.74, 6) is 0. The number of allylic oxidation sites excluding steroid dienone is 5. The van der Waals surface area contributed by atoms with Crippen LogP contribution in [-0.2, 0) is 0 Å². The van der Waals surface area contributed by atoms with Crippen LogP contribution >= 0.6 is 0 Å². The topological polar surface area (TPSA) is 44.3 Å². The Morgan fingerprint density at radius 1 is 1.15 bits per heavy atom. The predicted octanol–water partition coefficient (Wildman–Crippen LogP) is 2.18. The molecule has 2 aliphatic carbocycles. The van der Waals surface area contributed by atoms with Crippen LogP contribution in [0.25, 0.3) is 0 Å². The first-order chi connectivity index (χ1) is 9.75. The van der Waals surface area contributed by atoms with Crippen molar-refractivity contribution >= 4 is 0 Å². The lowest BCUT2D eigenvalue weighted by molar-refractivity contribution is 0.0924. The third kappa shape index (κ3) is 2.80. The van der Waals surface area contributed by atoms with Crippen LogP contribution in [0.15, 0.2) is 47.1 Å². The van der Waals surface area contributed by atoms with E-state index in [0.29, 0.717) is 6.54 Å². The van der Waals surface area contributed by atoms with Crippen LogP contribution in [0.2, 0.25) is 0 Å². The van der Waals surface area contributed by atoms with E-state index in [9.17, 15) is 5.11 Å². The van der Waals surface area contributed by atoms with Crippen LogP contribution in [-0.4, -0.2) is 30.0 Å².